The molecule has 1 saturated heterocycles. The molecule has 6 nitrogen and oxygen atoms in total. The van der Waals surface area contributed by atoms with Gasteiger partial charge in [0.1, 0.15) is 11.5 Å². The molecule has 2 N–H and O–H groups in total. The van der Waals surface area contributed by atoms with Crippen molar-refractivity contribution < 1.29 is 14.3 Å². The molecule has 6 heteroatoms. The number of carbonyl (C=O) groups excluding carboxylic acids is 1. The summed E-state index contributed by atoms with van der Waals surface area (Å²) in [5.74, 6) is 1.24. The normalized spacial score (nSPS) is 13.8. The lowest BCUT2D eigenvalue weighted by Crippen LogP contribution is -2.29. The third-order valence-electron chi connectivity index (χ3n) is 4.72. The van der Waals surface area contributed by atoms with E-state index >= 15 is 0 Å². The van der Waals surface area contributed by atoms with Gasteiger partial charge in [-0.2, -0.15) is 0 Å². The number of nitrogens with zero attached hydrogens (tertiary/aromatic N) is 1. The molecule has 1 amide bonds. The molecule has 1 fully saturated rings. The summed E-state index contributed by atoms with van der Waals surface area (Å²) in [5.41, 5.74) is 2.72. The maximum atomic E-state index is 12.3. The van der Waals surface area contributed by atoms with Gasteiger partial charge in [0, 0.05) is 30.5 Å². The molecule has 1 aliphatic rings. The van der Waals surface area contributed by atoms with Crippen LogP contribution in [-0.2, 0) is 4.79 Å². The zero-order valence-corrected chi connectivity index (χ0v) is 16.0. The van der Waals surface area contributed by atoms with Crippen molar-refractivity contribution in [1.82, 2.24) is 0 Å². The Morgan fingerprint density at radius 3 is 2.41 bits per heavy atom. The highest BCUT2D eigenvalue weighted by molar-refractivity contribution is 5.94. The van der Waals surface area contributed by atoms with E-state index in [9.17, 15) is 4.79 Å². The maximum Gasteiger partial charge on any atom is 0.243 e. The fraction of sp³-hybridized carbons (Fsp3) is 0.381. The first-order valence-corrected chi connectivity index (χ1v) is 9.30. The molecule has 0 aromatic heterocycles. The molecule has 0 aliphatic carbocycles. The second kappa shape index (κ2) is 9.16. The van der Waals surface area contributed by atoms with Crippen LogP contribution in [0.3, 0.4) is 0 Å². The minimum absolute atomic E-state index is 0.120. The molecule has 3 rings (SSSR count). The number of benzene rings is 2. The van der Waals surface area contributed by atoms with Crippen LogP contribution < -0.4 is 25.0 Å². The van der Waals surface area contributed by atoms with E-state index in [1.807, 2.05) is 18.2 Å². The molecular weight excluding hydrogens is 342 g/mol. The van der Waals surface area contributed by atoms with Crippen LogP contribution in [0, 0.1) is 0 Å². The number of nitrogens with one attached hydrogen (secondary N) is 2. The Kier molecular flexibility index (Phi) is 6.41. The first kappa shape index (κ1) is 18.9. The largest absolute Gasteiger partial charge is 0.497 e. The molecule has 27 heavy (non-hydrogen) atoms. The summed E-state index contributed by atoms with van der Waals surface area (Å²) in [6.45, 7) is 2.35. The first-order chi connectivity index (χ1) is 13.2. The van der Waals surface area contributed by atoms with Gasteiger partial charge < -0.3 is 25.0 Å². The first-order valence-electron chi connectivity index (χ1n) is 9.30. The second-order valence-electron chi connectivity index (χ2n) is 6.56. The van der Waals surface area contributed by atoms with Crippen LogP contribution in [0.25, 0.3) is 0 Å². The number of ether oxygens (including phenoxy) is 2. The van der Waals surface area contributed by atoms with Crippen molar-refractivity contribution in [3.63, 3.8) is 0 Å². The summed E-state index contributed by atoms with van der Waals surface area (Å²) < 4.78 is 10.5. The maximum absolute atomic E-state index is 12.3. The van der Waals surface area contributed by atoms with Crippen molar-refractivity contribution in [2.24, 2.45) is 0 Å². The van der Waals surface area contributed by atoms with Gasteiger partial charge in [-0.25, -0.2) is 0 Å². The third kappa shape index (κ3) is 5.06. The number of piperidine rings is 1. The number of hydrogen-bond acceptors (Lipinski definition) is 5. The van der Waals surface area contributed by atoms with E-state index in [2.05, 4.69) is 27.7 Å². The van der Waals surface area contributed by atoms with E-state index in [-0.39, 0.29) is 12.5 Å². The standard InChI is InChI=1S/C21H27N3O3/c1-26-18-10-11-20(27-2)19(14-18)22-15-21(25)23-16-6-8-17(9-7-16)24-12-4-3-5-13-24/h6-11,14,22H,3-5,12-13,15H2,1-2H3,(H,23,25). The van der Waals surface area contributed by atoms with Crippen LogP contribution >= 0.6 is 0 Å². The Bertz CT molecular complexity index is 756. The van der Waals surface area contributed by atoms with Gasteiger partial charge in [-0.3, -0.25) is 4.79 Å². The van der Waals surface area contributed by atoms with Gasteiger partial charge in [0.05, 0.1) is 26.5 Å². The molecule has 1 heterocycles. The van der Waals surface area contributed by atoms with Crippen LogP contribution in [0.1, 0.15) is 19.3 Å². The number of hydrogen-bond donors (Lipinski definition) is 2. The van der Waals surface area contributed by atoms with Crippen molar-refractivity contribution in [3.05, 3.63) is 42.5 Å². The van der Waals surface area contributed by atoms with E-state index in [1.54, 1.807) is 26.4 Å². The predicted octanol–water partition coefficient (Wildman–Crippen LogP) is 3.74. The molecule has 0 atom stereocenters. The number of methoxy groups -OCH3 is 2. The average molecular weight is 369 g/mol. The Morgan fingerprint density at radius 2 is 1.74 bits per heavy atom. The minimum Gasteiger partial charge on any atom is -0.497 e. The number of anilines is 3. The van der Waals surface area contributed by atoms with E-state index in [1.165, 1.54) is 24.9 Å². The van der Waals surface area contributed by atoms with E-state index < -0.39 is 0 Å². The molecule has 144 valence electrons. The lowest BCUT2D eigenvalue weighted by Gasteiger charge is -2.28. The average Bonchev–Trinajstić information content (AvgIpc) is 2.73. The quantitative estimate of drug-likeness (QED) is 0.778. The van der Waals surface area contributed by atoms with E-state index in [4.69, 9.17) is 9.47 Å². The fourth-order valence-corrected chi connectivity index (χ4v) is 3.24. The number of rotatable bonds is 7. The van der Waals surface area contributed by atoms with Crippen LogP contribution in [0.4, 0.5) is 17.1 Å². The lowest BCUT2D eigenvalue weighted by molar-refractivity contribution is -0.114. The monoisotopic (exact) mass is 369 g/mol. The predicted molar refractivity (Wildman–Crippen MR) is 109 cm³/mol. The minimum atomic E-state index is -0.120. The zero-order valence-electron chi connectivity index (χ0n) is 16.0. The Labute approximate surface area is 160 Å². The summed E-state index contributed by atoms with van der Waals surface area (Å²) in [7, 11) is 3.20. The highest BCUT2D eigenvalue weighted by atomic mass is 16.5. The molecule has 0 spiro atoms. The van der Waals surface area contributed by atoms with Crippen LogP contribution in [0.15, 0.2) is 42.5 Å². The number of amides is 1. The lowest BCUT2D eigenvalue weighted by atomic mass is 10.1. The van der Waals surface area contributed by atoms with Gasteiger partial charge in [0.25, 0.3) is 0 Å². The fourth-order valence-electron chi connectivity index (χ4n) is 3.24. The topological polar surface area (TPSA) is 62.8 Å². The summed E-state index contributed by atoms with van der Waals surface area (Å²) in [5, 5.41) is 6.01. The Morgan fingerprint density at radius 1 is 1.00 bits per heavy atom. The summed E-state index contributed by atoms with van der Waals surface area (Å²) in [4.78, 5) is 14.7. The van der Waals surface area contributed by atoms with Crippen LogP contribution in [-0.4, -0.2) is 39.8 Å². The smallest absolute Gasteiger partial charge is 0.243 e. The Balaban J connectivity index is 1.55. The molecule has 0 unspecified atom stereocenters. The molecular formula is C21H27N3O3. The highest BCUT2D eigenvalue weighted by Crippen LogP contribution is 2.28. The Hall–Kier alpha value is -2.89. The molecule has 0 saturated carbocycles. The SMILES string of the molecule is COc1ccc(OC)c(NCC(=O)Nc2ccc(N3CCCCC3)cc2)c1. The molecule has 1 aliphatic heterocycles. The van der Waals surface area contributed by atoms with Gasteiger partial charge in [-0.15, -0.1) is 0 Å². The van der Waals surface area contributed by atoms with E-state index in [0.29, 0.717) is 17.2 Å². The van der Waals surface area contributed by atoms with Gasteiger partial charge in [0.15, 0.2) is 0 Å². The third-order valence-corrected chi connectivity index (χ3v) is 4.72. The van der Waals surface area contributed by atoms with Crippen molar-refractivity contribution >= 4 is 23.0 Å². The zero-order chi connectivity index (χ0) is 19.1. The summed E-state index contributed by atoms with van der Waals surface area (Å²) in [6.07, 6.45) is 3.81. The van der Waals surface area contributed by atoms with Crippen molar-refractivity contribution in [2.45, 2.75) is 19.3 Å². The van der Waals surface area contributed by atoms with Crippen molar-refractivity contribution in [2.75, 3.05) is 49.4 Å². The van der Waals surface area contributed by atoms with Crippen LogP contribution in [0.2, 0.25) is 0 Å². The van der Waals surface area contributed by atoms with Crippen molar-refractivity contribution in [1.29, 1.82) is 0 Å². The molecule has 0 radical (unpaired) electrons. The van der Waals surface area contributed by atoms with Gasteiger partial charge in [0.2, 0.25) is 5.91 Å². The van der Waals surface area contributed by atoms with Crippen LogP contribution in [0.5, 0.6) is 11.5 Å². The summed E-state index contributed by atoms with van der Waals surface area (Å²) >= 11 is 0. The van der Waals surface area contributed by atoms with Crippen molar-refractivity contribution in [3.8, 4) is 11.5 Å². The molecule has 2 aromatic carbocycles. The number of carbonyl (C=O) groups is 1. The van der Waals surface area contributed by atoms with Gasteiger partial charge in [-0.05, 0) is 55.7 Å². The van der Waals surface area contributed by atoms with Gasteiger partial charge in [-0.1, -0.05) is 0 Å². The molecule has 0 bridgehead atoms. The highest BCUT2D eigenvalue weighted by Gasteiger charge is 2.11. The van der Waals surface area contributed by atoms with E-state index in [0.717, 1.165) is 18.8 Å². The second-order valence-corrected chi connectivity index (χ2v) is 6.56. The summed E-state index contributed by atoms with van der Waals surface area (Å²) in [6, 6.07) is 13.5. The molecule has 2 aromatic rings. The van der Waals surface area contributed by atoms with Gasteiger partial charge >= 0.3 is 0 Å².